The molecule has 0 aliphatic heterocycles. The van der Waals surface area contributed by atoms with Crippen LogP contribution in [0.15, 0.2) is 18.2 Å². The molecule has 3 N–H and O–H groups in total. The number of nitrogen functional groups attached to an aromatic ring is 1. The van der Waals surface area contributed by atoms with Crippen LogP contribution in [0.5, 0.6) is 0 Å². The van der Waals surface area contributed by atoms with Crippen molar-refractivity contribution in [1.82, 2.24) is 5.32 Å². The van der Waals surface area contributed by atoms with Gasteiger partial charge in [-0.05, 0) is 37.1 Å². The van der Waals surface area contributed by atoms with E-state index in [1.165, 1.54) is 0 Å². The van der Waals surface area contributed by atoms with E-state index in [2.05, 4.69) is 5.32 Å². The fourth-order valence-electron chi connectivity index (χ4n) is 1.54. The highest BCUT2D eigenvalue weighted by Gasteiger charge is 2.08. The summed E-state index contributed by atoms with van der Waals surface area (Å²) >= 11 is 0. The molecule has 0 fully saturated rings. The summed E-state index contributed by atoms with van der Waals surface area (Å²) in [4.78, 5) is 22.6. The lowest BCUT2D eigenvalue weighted by Gasteiger charge is -2.06. The standard InChI is InChI=1S/C13H18N2O3/c1-9-6-10(8-11(14)7-9)13(17)18-5-3-4-12(16)15-2/h6-8H,3-5,14H2,1-2H3,(H,15,16). The number of amides is 1. The third-order valence-electron chi connectivity index (χ3n) is 2.40. The first kappa shape index (κ1) is 14.0. The van der Waals surface area contributed by atoms with Gasteiger partial charge in [-0.1, -0.05) is 0 Å². The monoisotopic (exact) mass is 250 g/mol. The smallest absolute Gasteiger partial charge is 0.338 e. The predicted molar refractivity (Wildman–Crippen MR) is 69.2 cm³/mol. The van der Waals surface area contributed by atoms with Crippen LogP contribution in [0.3, 0.4) is 0 Å². The number of aryl methyl sites for hydroxylation is 1. The van der Waals surface area contributed by atoms with E-state index in [9.17, 15) is 9.59 Å². The summed E-state index contributed by atoms with van der Waals surface area (Å²) < 4.78 is 5.06. The molecule has 5 nitrogen and oxygen atoms in total. The van der Waals surface area contributed by atoms with Crippen molar-refractivity contribution in [1.29, 1.82) is 0 Å². The van der Waals surface area contributed by atoms with Crippen LogP contribution in [0.2, 0.25) is 0 Å². The fourth-order valence-corrected chi connectivity index (χ4v) is 1.54. The lowest BCUT2D eigenvalue weighted by Crippen LogP contribution is -2.18. The molecule has 0 saturated heterocycles. The molecule has 5 heteroatoms. The quantitative estimate of drug-likeness (QED) is 0.468. The first-order valence-corrected chi connectivity index (χ1v) is 5.78. The maximum absolute atomic E-state index is 11.7. The van der Waals surface area contributed by atoms with Crippen LogP contribution < -0.4 is 11.1 Å². The van der Waals surface area contributed by atoms with Gasteiger partial charge in [0.2, 0.25) is 5.91 Å². The molecular weight excluding hydrogens is 232 g/mol. The SMILES string of the molecule is CNC(=O)CCCOC(=O)c1cc(C)cc(N)c1. The highest BCUT2D eigenvalue weighted by atomic mass is 16.5. The summed E-state index contributed by atoms with van der Waals surface area (Å²) in [6.07, 6.45) is 0.854. The number of nitrogens with two attached hydrogens (primary N) is 1. The Kier molecular flexibility index (Phi) is 5.17. The number of hydrogen-bond acceptors (Lipinski definition) is 4. The molecule has 1 aromatic carbocycles. The average Bonchev–Trinajstić information content (AvgIpc) is 2.32. The summed E-state index contributed by atoms with van der Waals surface area (Å²) in [5.74, 6) is -0.479. The Labute approximate surface area is 106 Å². The molecule has 0 unspecified atom stereocenters. The summed E-state index contributed by atoms with van der Waals surface area (Å²) in [5.41, 5.74) is 7.53. The number of hydrogen-bond donors (Lipinski definition) is 2. The van der Waals surface area contributed by atoms with Gasteiger partial charge in [0.05, 0.1) is 12.2 Å². The van der Waals surface area contributed by atoms with Crippen molar-refractivity contribution < 1.29 is 14.3 Å². The van der Waals surface area contributed by atoms with Crippen molar-refractivity contribution in [3.63, 3.8) is 0 Å². The minimum absolute atomic E-state index is 0.0640. The van der Waals surface area contributed by atoms with Gasteiger partial charge in [-0.25, -0.2) is 4.79 Å². The zero-order valence-electron chi connectivity index (χ0n) is 10.7. The molecule has 0 spiro atoms. The number of esters is 1. The Hall–Kier alpha value is -2.04. The van der Waals surface area contributed by atoms with Crippen molar-refractivity contribution >= 4 is 17.6 Å². The Morgan fingerprint density at radius 3 is 2.67 bits per heavy atom. The van der Waals surface area contributed by atoms with Gasteiger partial charge >= 0.3 is 5.97 Å². The molecule has 0 saturated carbocycles. The highest BCUT2D eigenvalue weighted by molar-refractivity contribution is 5.90. The fraction of sp³-hybridized carbons (Fsp3) is 0.385. The summed E-state index contributed by atoms with van der Waals surface area (Å²) in [6, 6.07) is 5.08. The first-order valence-electron chi connectivity index (χ1n) is 5.78. The van der Waals surface area contributed by atoms with E-state index in [0.717, 1.165) is 5.56 Å². The average molecular weight is 250 g/mol. The molecule has 0 aromatic heterocycles. The molecule has 18 heavy (non-hydrogen) atoms. The first-order chi connectivity index (χ1) is 8.52. The van der Waals surface area contributed by atoms with Gasteiger partial charge in [0, 0.05) is 19.2 Å². The van der Waals surface area contributed by atoms with Gasteiger partial charge < -0.3 is 15.8 Å². The number of nitrogens with one attached hydrogen (secondary N) is 1. The second-order valence-electron chi connectivity index (χ2n) is 4.05. The summed E-state index contributed by atoms with van der Waals surface area (Å²) in [6.45, 7) is 2.08. The second-order valence-corrected chi connectivity index (χ2v) is 4.05. The van der Waals surface area contributed by atoms with Crippen LogP contribution in [0, 0.1) is 6.92 Å². The Balaban J connectivity index is 2.43. The van der Waals surface area contributed by atoms with E-state index >= 15 is 0 Å². The Morgan fingerprint density at radius 2 is 2.06 bits per heavy atom. The molecule has 1 aromatic rings. The maximum atomic E-state index is 11.7. The van der Waals surface area contributed by atoms with Crippen molar-refractivity contribution in [3.8, 4) is 0 Å². The van der Waals surface area contributed by atoms with E-state index in [0.29, 0.717) is 24.1 Å². The Morgan fingerprint density at radius 1 is 1.33 bits per heavy atom. The minimum Gasteiger partial charge on any atom is -0.462 e. The molecule has 1 rings (SSSR count). The number of carbonyl (C=O) groups excluding carboxylic acids is 2. The molecule has 0 bridgehead atoms. The van der Waals surface area contributed by atoms with E-state index in [4.69, 9.17) is 10.5 Å². The van der Waals surface area contributed by atoms with Crippen molar-refractivity contribution in [2.24, 2.45) is 0 Å². The van der Waals surface area contributed by atoms with Gasteiger partial charge in [0.25, 0.3) is 0 Å². The number of carbonyl (C=O) groups is 2. The maximum Gasteiger partial charge on any atom is 0.338 e. The van der Waals surface area contributed by atoms with E-state index in [1.54, 1.807) is 25.2 Å². The van der Waals surface area contributed by atoms with Crippen LogP contribution in [0.1, 0.15) is 28.8 Å². The van der Waals surface area contributed by atoms with Crippen LogP contribution in [0.4, 0.5) is 5.69 Å². The van der Waals surface area contributed by atoms with Crippen molar-refractivity contribution in [2.75, 3.05) is 19.4 Å². The van der Waals surface area contributed by atoms with Gasteiger partial charge in [-0.2, -0.15) is 0 Å². The zero-order chi connectivity index (χ0) is 13.5. The normalized spacial score (nSPS) is 9.89. The second kappa shape index (κ2) is 6.64. The van der Waals surface area contributed by atoms with Crippen LogP contribution in [-0.2, 0) is 9.53 Å². The van der Waals surface area contributed by atoms with Gasteiger partial charge in [0.1, 0.15) is 0 Å². The lowest BCUT2D eigenvalue weighted by molar-refractivity contribution is -0.120. The molecule has 0 radical (unpaired) electrons. The molecule has 1 amide bonds. The number of rotatable bonds is 5. The molecule has 0 aliphatic carbocycles. The molecular formula is C13H18N2O3. The number of ether oxygens (including phenoxy) is 1. The minimum atomic E-state index is -0.415. The van der Waals surface area contributed by atoms with Crippen molar-refractivity contribution in [3.05, 3.63) is 29.3 Å². The number of benzene rings is 1. The van der Waals surface area contributed by atoms with Gasteiger partial charge in [-0.3, -0.25) is 4.79 Å². The van der Waals surface area contributed by atoms with Gasteiger partial charge in [-0.15, -0.1) is 0 Å². The van der Waals surface area contributed by atoms with Crippen LogP contribution in [-0.4, -0.2) is 25.5 Å². The van der Waals surface area contributed by atoms with E-state index < -0.39 is 5.97 Å². The molecule has 0 heterocycles. The molecule has 0 atom stereocenters. The van der Waals surface area contributed by atoms with Crippen LogP contribution in [0.25, 0.3) is 0 Å². The lowest BCUT2D eigenvalue weighted by atomic mass is 10.1. The third kappa shape index (κ3) is 4.45. The summed E-state index contributed by atoms with van der Waals surface area (Å²) in [7, 11) is 1.57. The largest absolute Gasteiger partial charge is 0.462 e. The van der Waals surface area contributed by atoms with Crippen molar-refractivity contribution in [2.45, 2.75) is 19.8 Å². The molecule has 0 aliphatic rings. The van der Waals surface area contributed by atoms with Crippen LogP contribution >= 0.6 is 0 Å². The van der Waals surface area contributed by atoms with E-state index in [1.807, 2.05) is 6.92 Å². The van der Waals surface area contributed by atoms with Gasteiger partial charge in [0.15, 0.2) is 0 Å². The summed E-state index contributed by atoms with van der Waals surface area (Å²) in [5, 5.41) is 2.50. The zero-order valence-corrected chi connectivity index (χ0v) is 10.7. The highest BCUT2D eigenvalue weighted by Crippen LogP contribution is 2.12. The third-order valence-corrected chi connectivity index (χ3v) is 2.40. The predicted octanol–water partition coefficient (Wildman–Crippen LogP) is 1.26. The van der Waals surface area contributed by atoms with E-state index in [-0.39, 0.29) is 12.5 Å². The topological polar surface area (TPSA) is 81.4 Å². The Bertz CT molecular complexity index is 424. The molecule has 98 valence electrons. The number of anilines is 1.